The Kier molecular flexibility index (Phi) is 6.90. The maximum absolute atomic E-state index is 12.4. The van der Waals surface area contributed by atoms with Crippen LogP contribution >= 0.6 is 12.4 Å². The monoisotopic (exact) mass is 376 g/mol. The van der Waals surface area contributed by atoms with E-state index in [2.05, 4.69) is 32.0 Å². The number of carbonyl (C=O) groups excluding carboxylic acids is 1. The molecule has 2 aromatic carbocycles. The number of nitrogens with zero attached hydrogens (tertiary/aromatic N) is 1. The van der Waals surface area contributed by atoms with Gasteiger partial charge in [0.2, 0.25) is 5.91 Å². The van der Waals surface area contributed by atoms with Gasteiger partial charge >= 0.3 is 0 Å². The Labute approximate surface area is 162 Å². The minimum absolute atomic E-state index is 0. The van der Waals surface area contributed by atoms with Crippen LogP contribution in [0.5, 0.6) is 5.75 Å². The van der Waals surface area contributed by atoms with E-state index in [-0.39, 0.29) is 29.8 Å². The second-order valence-electron chi connectivity index (χ2n) is 7.63. The third-order valence-corrected chi connectivity index (χ3v) is 5.21. The van der Waals surface area contributed by atoms with Gasteiger partial charge in [0.1, 0.15) is 5.75 Å². The average molecular weight is 377 g/mol. The van der Waals surface area contributed by atoms with Gasteiger partial charge in [0.25, 0.3) is 0 Å². The highest BCUT2D eigenvalue weighted by molar-refractivity contribution is 5.88. The van der Waals surface area contributed by atoms with Crippen molar-refractivity contribution in [3.63, 3.8) is 0 Å². The van der Waals surface area contributed by atoms with E-state index >= 15 is 0 Å². The highest BCUT2D eigenvalue weighted by Crippen LogP contribution is 2.28. The molecular formula is C21H29ClN2O2. The Morgan fingerprint density at radius 2 is 1.96 bits per heavy atom. The normalized spacial score (nSPS) is 19.0. The lowest BCUT2D eigenvalue weighted by Crippen LogP contribution is -2.54. The van der Waals surface area contributed by atoms with Crippen LogP contribution in [-0.2, 0) is 4.79 Å². The van der Waals surface area contributed by atoms with Crippen LogP contribution in [0.3, 0.4) is 0 Å². The van der Waals surface area contributed by atoms with Crippen molar-refractivity contribution < 1.29 is 9.53 Å². The summed E-state index contributed by atoms with van der Waals surface area (Å²) < 4.78 is 5.92. The molecule has 5 heteroatoms. The number of likely N-dealkylation sites (tertiary alicyclic amines) is 1. The summed E-state index contributed by atoms with van der Waals surface area (Å²) >= 11 is 0. The summed E-state index contributed by atoms with van der Waals surface area (Å²) in [6.45, 7) is 6.35. The largest absolute Gasteiger partial charge is 0.493 e. The predicted molar refractivity (Wildman–Crippen MR) is 109 cm³/mol. The van der Waals surface area contributed by atoms with Gasteiger partial charge in [-0.2, -0.15) is 0 Å². The van der Waals surface area contributed by atoms with Crippen molar-refractivity contribution in [3.05, 3.63) is 42.5 Å². The first-order valence-electron chi connectivity index (χ1n) is 9.11. The second-order valence-corrected chi connectivity index (χ2v) is 7.63. The quantitative estimate of drug-likeness (QED) is 0.802. The third-order valence-electron chi connectivity index (χ3n) is 5.21. The van der Waals surface area contributed by atoms with Crippen molar-refractivity contribution in [1.82, 2.24) is 4.90 Å². The Morgan fingerprint density at radius 3 is 2.73 bits per heavy atom. The van der Waals surface area contributed by atoms with Crippen molar-refractivity contribution in [3.8, 4) is 5.75 Å². The molecule has 4 nitrogen and oxygen atoms in total. The van der Waals surface area contributed by atoms with Gasteiger partial charge in [-0.15, -0.1) is 12.4 Å². The molecule has 1 unspecified atom stereocenters. The summed E-state index contributed by atoms with van der Waals surface area (Å²) in [5.74, 6) is 1.09. The molecule has 1 fully saturated rings. The van der Waals surface area contributed by atoms with Crippen LogP contribution in [0.1, 0.15) is 33.1 Å². The summed E-state index contributed by atoms with van der Waals surface area (Å²) in [4.78, 5) is 14.4. The van der Waals surface area contributed by atoms with Gasteiger partial charge in [0.05, 0.1) is 6.61 Å². The number of carbonyl (C=O) groups is 1. The number of fused-ring (bicyclic) bond motifs is 1. The molecule has 1 aliphatic heterocycles. The van der Waals surface area contributed by atoms with Gasteiger partial charge in [-0.05, 0) is 29.7 Å². The molecule has 1 heterocycles. The zero-order valence-electron chi connectivity index (χ0n) is 15.6. The van der Waals surface area contributed by atoms with E-state index in [1.54, 1.807) is 0 Å². The zero-order valence-corrected chi connectivity index (χ0v) is 16.4. The van der Waals surface area contributed by atoms with E-state index in [4.69, 9.17) is 10.5 Å². The Balaban J connectivity index is 0.00000243. The molecule has 3 rings (SSSR count). The fourth-order valence-electron chi connectivity index (χ4n) is 3.47. The number of ether oxygens (including phenoxy) is 1. The number of amides is 1. The SMILES string of the molecule is CC1(C)CN(C(=O)CCCOc2cccc3ccccc23)CCC1N.Cl. The van der Waals surface area contributed by atoms with Crippen LogP contribution in [0.15, 0.2) is 42.5 Å². The maximum atomic E-state index is 12.4. The number of halogens is 1. The van der Waals surface area contributed by atoms with E-state index in [9.17, 15) is 4.79 Å². The van der Waals surface area contributed by atoms with Crippen LogP contribution in [0.25, 0.3) is 10.8 Å². The number of piperidine rings is 1. The molecular weight excluding hydrogens is 348 g/mol. The van der Waals surface area contributed by atoms with Crippen LogP contribution in [0, 0.1) is 5.41 Å². The van der Waals surface area contributed by atoms with Gasteiger partial charge in [0, 0.05) is 30.9 Å². The zero-order chi connectivity index (χ0) is 17.9. The molecule has 26 heavy (non-hydrogen) atoms. The average Bonchev–Trinajstić information content (AvgIpc) is 2.61. The highest BCUT2D eigenvalue weighted by atomic mass is 35.5. The molecule has 142 valence electrons. The minimum Gasteiger partial charge on any atom is -0.493 e. The Bertz CT molecular complexity index is 742. The van der Waals surface area contributed by atoms with Crippen molar-refractivity contribution in [1.29, 1.82) is 0 Å². The first kappa shape index (κ1) is 20.5. The molecule has 0 bridgehead atoms. The molecule has 1 aliphatic rings. The van der Waals surface area contributed by atoms with Crippen molar-refractivity contribution >= 4 is 29.1 Å². The molecule has 2 aromatic rings. The number of benzene rings is 2. The predicted octanol–water partition coefficient (Wildman–Crippen LogP) is 4.01. The van der Waals surface area contributed by atoms with Gasteiger partial charge in [0.15, 0.2) is 0 Å². The summed E-state index contributed by atoms with van der Waals surface area (Å²) in [6, 6.07) is 14.4. The molecule has 0 saturated carbocycles. The Morgan fingerprint density at radius 1 is 1.23 bits per heavy atom. The Hall–Kier alpha value is -1.78. The number of nitrogens with two attached hydrogens (primary N) is 1. The second kappa shape index (κ2) is 8.74. The lowest BCUT2D eigenvalue weighted by molar-refractivity contribution is -0.134. The van der Waals surface area contributed by atoms with E-state index in [0.29, 0.717) is 13.0 Å². The molecule has 1 atom stereocenters. The summed E-state index contributed by atoms with van der Waals surface area (Å²) in [6.07, 6.45) is 2.13. The third kappa shape index (κ3) is 4.68. The lowest BCUT2D eigenvalue weighted by Gasteiger charge is -2.42. The molecule has 0 aliphatic carbocycles. The highest BCUT2D eigenvalue weighted by Gasteiger charge is 2.34. The van der Waals surface area contributed by atoms with Crippen molar-refractivity contribution in [2.75, 3.05) is 19.7 Å². The molecule has 0 aromatic heterocycles. The maximum Gasteiger partial charge on any atom is 0.222 e. The van der Waals surface area contributed by atoms with Gasteiger partial charge in [-0.25, -0.2) is 0 Å². The minimum atomic E-state index is -0.00658. The smallest absolute Gasteiger partial charge is 0.222 e. The molecule has 1 saturated heterocycles. The first-order valence-corrected chi connectivity index (χ1v) is 9.11. The molecule has 1 amide bonds. The van der Waals surface area contributed by atoms with E-state index in [0.717, 1.165) is 37.1 Å². The molecule has 0 spiro atoms. The van der Waals surface area contributed by atoms with Crippen LogP contribution in [-0.4, -0.2) is 36.5 Å². The lowest BCUT2D eigenvalue weighted by atomic mass is 9.79. The topological polar surface area (TPSA) is 55.6 Å². The molecule has 2 N–H and O–H groups in total. The summed E-state index contributed by atoms with van der Waals surface area (Å²) in [5.41, 5.74) is 6.14. The van der Waals surface area contributed by atoms with Crippen LogP contribution < -0.4 is 10.5 Å². The van der Waals surface area contributed by atoms with E-state index in [1.165, 1.54) is 5.39 Å². The molecule has 0 radical (unpaired) electrons. The van der Waals surface area contributed by atoms with Crippen molar-refractivity contribution in [2.24, 2.45) is 11.1 Å². The van der Waals surface area contributed by atoms with E-state index in [1.807, 2.05) is 29.2 Å². The summed E-state index contributed by atoms with van der Waals surface area (Å²) in [7, 11) is 0. The first-order chi connectivity index (χ1) is 12.0. The fraction of sp³-hybridized carbons (Fsp3) is 0.476. The number of rotatable bonds is 5. The standard InChI is InChI=1S/C21H28N2O2.ClH/c1-21(2)15-23(13-12-19(21)22)20(24)11-6-14-25-18-10-5-8-16-7-3-4-9-17(16)18;/h3-5,7-10,19H,6,11-15,22H2,1-2H3;1H. The fourth-order valence-corrected chi connectivity index (χ4v) is 3.47. The number of hydrogen-bond acceptors (Lipinski definition) is 3. The summed E-state index contributed by atoms with van der Waals surface area (Å²) in [5, 5.41) is 2.28. The van der Waals surface area contributed by atoms with Gasteiger partial charge in [-0.1, -0.05) is 50.2 Å². The van der Waals surface area contributed by atoms with Crippen LogP contribution in [0.2, 0.25) is 0 Å². The van der Waals surface area contributed by atoms with Gasteiger partial charge in [-0.3, -0.25) is 4.79 Å². The van der Waals surface area contributed by atoms with Crippen molar-refractivity contribution in [2.45, 2.75) is 39.2 Å². The number of hydrogen-bond donors (Lipinski definition) is 1. The van der Waals surface area contributed by atoms with Gasteiger partial charge < -0.3 is 15.4 Å². The van der Waals surface area contributed by atoms with Crippen LogP contribution in [0.4, 0.5) is 0 Å². The van der Waals surface area contributed by atoms with E-state index < -0.39 is 0 Å².